The molecular formula is C15H24. The summed E-state index contributed by atoms with van der Waals surface area (Å²) in [7, 11) is 0. The predicted octanol–water partition coefficient (Wildman–Crippen LogP) is 4.87. The minimum absolute atomic E-state index is 0.995. The summed E-state index contributed by atoms with van der Waals surface area (Å²) in [4.78, 5) is 0. The molecule has 0 radical (unpaired) electrons. The van der Waals surface area contributed by atoms with Gasteiger partial charge in [-0.3, -0.25) is 0 Å². The lowest BCUT2D eigenvalue weighted by atomic mass is 9.80. The van der Waals surface area contributed by atoms with Gasteiger partial charge in [0.15, 0.2) is 0 Å². The Morgan fingerprint density at radius 2 is 1.93 bits per heavy atom. The zero-order valence-electron chi connectivity index (χ0n) is 10.0. The van der Waals surface area contributed by atoms with Crippen LogP contribution in [0.4, 0.5) is 0 Å². The third-order valence-corrected chi connectivity index (χ3v) is 4.05. The second-order valence-electron chi connectivity index (χ2n) is 5.42. The van der Waals surface area contributed by atoms with Crippen LogP contribution < -0.4 is 0 Å². The summed E-state index contributed by atoms with van der Waals surface area (Å²) in [5.74, 6) is 2.02. The van der Waals surface area contributed by atoms with Crippen LogP contribution >= 0.6 is 0 Å². The van der Waals surface area contributed by atoms with Gasteiger partial charge in [-0.25, -0.2) is 0 Å². The normalized spacial score (nSPS) is 31.4. The lowest BCUT2D eigenvalue weighted by Gasteiger charge is -2.26. The van der Waals surface area contributed by atoms with E-state index >= 15 is 0 Å². The molecule has 0 aromatic carbocycles. The molecule has 0 aliphatic heterocycles. The van der Waals surface area contributed by atoms with Crippen molar-refractivity contribution in [1.29, 1.82) is 0 Å². The molecule has 0 nitrogen and oxygen atoms in total. The number of hydrogen-bond donors (Lipinski definition) is 0. The van der Waals surface area contributed by atoms with Gasteiger partial charge >= 0.3 is 0 Å². The van der Waals surface area contributed by atoms with Gasteiger partial charge in [-0.05, 0) is 37.5 Å². The predicted molar refractivity (Wildman–Crippen MR) is 66.8 cm³/mol. The van der Waals surface area contributed by atoms with Crippen molar-refractivity contribution in [3.8, 4) is 0 Å². The number of allylic oxidation sites excluding steroid dienone is 4. The molecule has 0 aromatic rings. The highest BCUT2D eigenvalue weighted by atomic mass is 14.2. The van der Waals surface area contributed by atoms with Crippen LogP contribution in [0.15, 0.2) is 23.8 Å². The lowest BCUT2D eigenvalue weighted by molar-refractivity contribution is 0.278. The fraction of sp³-hybridized carbons (Fsp3) is 0.733. The van der Waals surface area contributed by atoms with E-state index in [0.29, 0.717) is 0 Å². The highest BCUT2D eigenvalue weighted by molar-refractivity contribution is 5.21. The third kappa shape index (κ3) is 3.52. The van der Waals surface area contributed by atoms with Gasteiger partial charge in [0.2, 0.25) is 0 Å². The van der Waals surface area contributed by atoms with E-state index in [1.165, 1.54) is 51.4 Å². The molecule has 0 saturated heterocycles. The van der Waals surface area contributed by atoms with Gasteiger partial charge in [-0.1, -0.05) is 56.4 Å². The molecule has 0 atom stereocenters. The van der Waals surface area contributed by atoms with Gasteiger partial charge < -0.3 is 0 Å². The Morgan fingerprint density at radius 3 is 2.60 bits per heavy atom. The second-order valence-corrected chi connectivity index (χ2v) is 5.42. The van der Waals surface area contributed by atoms with Crippen LogP contribution in [0.25, 0.3) is 0 Å². The van der Waals surface area contributed by atoms with Crippen molar-refractivity contribution in [2.24, 2.45) is 11.8 Å². The molecule has 2 aliphatic rings. The van der Waals surface area contributed by atoms with E-state index in [1.54, 1.807) is 5.57 Å². The zero-order chi connectivity index (χ0) is 10.5. The first-order chi connectivity index (χ1) is 7.34. The van der Waals surface area contributed by atoms with Gasteiger partial charge in [0.1, 0.15) is 0 Å². The Balaban J connectivity index is 1.69. The first kappa shape index (κ1) is 11.0. The van der Waals surface area contributed by atoms with E-state index in [1.807, 2.05) is 0 Å². The lowest BCUT2D eigenvalue weighted by Crippen LogP contribution is -2.12. The van der Waals surface area contributed by atoms with E-state index in [9.17, 15) is 0 Å². The van der Waals surface area contributed by atoms with E-state index in [2.05, 4.69) is 25.2 Å². The quantitative estimate of drug-likeness (QED) is 0.615. The Bertz CT molecular complexity index is 239. The third-order valence-electron chi connectivity index (χ3n) is 4.05. The summed E-state index contributed by atoms with van der Waals surface area (Å²) >= 11 is 0. The molecule has 0 heteroatoms. The second kappa shape index (κ2) is 5.53. The minimum Gasteiger partial charge on any atom is -0.0840 e. The number of hydrogen-bond acceptors (Lipinski definition) is 0. The Labute approximate surface area is 94.5 Å². The summed E-state index contributed by atoms with van der Waals surface area (Å²) in [6, 6.07) is 0. The van der Waals surface area contributed by atoms with Crippen LogP contribution in [0.5, 0.6) is 0 Å². The van der Waals surface area contributed by atoms with Crippen molar-refractivity contribution in [3.05, 3.63) is 23.8 Å². The average Bonchev–Trinajstić information content (AvgIpc) is 2.30. The smallest absolute Gasteiger partial charge is 0.0280 e. The van der Waals surface area contributed by atoms with Gasteiger partial charge in [0.05, 0.1) is 0 Å². The summed E-state index contributed by atoms with van der Waals surface area (Å²) in [6.07, 6.45) is 18.3. The van der Waals surface area contributed by atoms with Crippen LogP contribution in [0.2, 0.25) is 0 Å². The molecule has 0 unspecified atom stereocenters. The van der Waals surface area contributed by atoms with E-state index in [4.69, 9.17) is 0 Å². The van der Waals surface area contributed by atoms with Crippen molar-refractivity contribution >= 4 is 0 Å². The van der Waals surface area contributed by atoms with Crippen molar-refractivity contribution < 1.29 is 0 Å². The summed E-state index contributed by atoms with van der Waals surface area (Å²) < 4.78 is 0. The van der Waals surface area contributed by atoms with E-state index in [0.717, 1.165) is 11.8 Å². The standard InChI is InChI=1S/C15H24/c1-13-7-9-15(10-8-13)12-11-14-5-3-2-4-6-14/h3,5-6,13,15H,2,4,7-12H2,1H3. The molecule has 1 fully saturated rings. The summed E-state index contributed by atoms with van der Waals surface area (Å²) in [5.41, 5.74) is 1.60. The Morgan fingerprint density at radius 1 is 1.13 bits per heavy atom. The topological polar surface area (TPSA) is 0 Å². The van der Waals surface area contributed by atoms with Crippen molar-refractivity contribution in [3.63, 3.8) is 0 Å². The average molecular weight is 204 g/mol. The van der Waals surface area contributed by atoms with Crippen LogP contribution in [-0.4, -0.2) is 0 Å². The maximum absolute atomic E-state index is 2.44. The van der Waals surface area contributed by atoms with Gasteiger partial charge in [-0.15, -0.1) is 0 Å². The summed E-state index contributed by atoms with van der Waals surface area (Å²) in [6.45, 7) is 2.41. The van der Waals surface area contributed by atoms with Gasteiger partial charge in [0.25, 0.3) is 0 Å². The molecule has 0 amide bonds. The summed E-state index contributed by atoms with van der Waals surface area (Å²) in [5, 5.41) is 0. The van der Waals surface area contributed by atoms with Crippen molar-refractivity contribution in [2.45, 2.75) is 58.3 Å². The van der Waals surface area contributed by atoms with Crippen LogP contribution in [0, 0.1) is 11.8 Å². The maximum Gasteiger partial charge on any atom is -0.0280 e. The number of rotatable bonds is 3. The highest BCUT2D eigenvalue weighted by Gasteiger charge is 2.17. The maximum atomic E-state index is 2.44. The molecule has 2 rings (SSSR count). The van der Waals surface area contributed by atoms with E-state index in [-0.39, 0.29) is 0 Å². The monoisotopic (exact) mass is 204 g/mol. The van der Waals surface area contributed by atoms with Crippen molar-refractivity contribution in [2.75, 3.05) is 0 Å². The van der Waals surface area contributed by atoms with Gasteiger partial charge in [0, 0.05) is 0 Å². The molecule has 15 heavy (non-hydrogen) atoms. The Kier molecular flexibility index (Phi) is 4.05. The molecule has 1 saturated carbocycles. The largest absolute Gasteiger partial charge is 0.0840 e. The van der Waals surface area contributed by atoms with Crippen LogP contribution in [-0.2, 0) is 0 Å². The Hall–Kier alpha value is -0.520. The van der Waals surface area contributed by atoms with Crippen LogP contribution in [0.1, 0.15) is 58.3 Å². The zero-order valence-corrected chi connectivity index (χ0v) is 10.0. The molecule has 0 N–H and O–H groups in total. The molecular weight excluding hydrogens is 180 g/mol. The first-order valence-electron chi connectivity index (χ1n) is 6.70. The minimum atomic E-state index is 0.995. The van der Waals surface area contributed by atoms with Gasteiger partial charge in [-0.2, -0.15) is 0 Å². The molecule has 0 spiro atoms. The molecule has 2 aliphatic carbocycles. The highest BCUT2D eigenvalue weighted by Crippen LogP contribution is 2.32. The van der Waals surface area contributed by atoms with Crippen LogP contribution in [0.3, 0.4) is 0 Å². The SMILES string of the molecule is CC1CCC(CCC2=CCCC=C2)CC1. The molecule has 0 bridgehead atoms. The fourth-order valence-electron chi connectivity index (χ4n) is 2.84. The van der Waals surface area contributed by atoms with E-state index < -0.39 is 0 Å². The molecule has 0 heterocycles. The molecule has 84 valence electrons. The molecule has 0 aromatic heterocycles. The first-order valence-corrected chi connectivity index (χ1v) is 6.70. The fourth-order valence-corrected chi connectivity index (χ4v) is 2.84. The van der Waals surface area contributed by atoms with Crippen molar-refractivity contribution in [1.82, 2.24) is 0 Å².